The van der Waals surface area contributed by atoms with Crippen LogP contribution in [0.2, 0.25) is 5.02 Å². The largest absolute Gasteiger partial charge is 0.468 e. The van der Waals surface area contributed by atoms with Crippen LogP contribution < -0.4 is 0 Å². The second kappa shape index (κ2) is 7.77. The van der Waals surface area contributed by atoms with E-state index in [0.29, 0.717) is 22.7 Å². The van der Waals surface area contributed by atoms with E-state index in [2.05, 4.69) is 12.6 Å². The SMILES string of the molecule is COC(=O)C(c1ccccc1Cl)N1CCC(=O)/C(=C\C(=O)S)C1. The molecule has 1 aliphatic heterocycles. The molecule has 7 heteroatoms. The van der Waals surface area contributed by atoms with Crippen molar-refractivity contribution in [3.8, 4) is 0 Å². The Morgan fingerprint density at radius 2 is 2.09 bits per heavy atom. The molecule has 23 heavy (non-hydrogen) atoms. The fourth-order valence-corrected chi connectivity index (χ4v) is 2.96. The van der Waals surface area contributed by atoms with E-state index in [0.717, 1.165) is 0 Å². The monoisotopic (exact) mass is 353 g/mol. The van der Waals surface area contributed by atoms with Crippen molar-refractivity contribution in [1.29, 1.82) is 0 Å². The molecule has 1 saturated heterocycles. The maximum Gasteiger partial charge on any atom is 0.327 e. The van der Waals surface area contributed by atoms with Crippen molar-refractivity contribution in [2.75, 3.05) is 20.2 Å². The number of Topliss-reactive ketones (excluding diaryl/α,β-unsaturated/α-hetero) is 1. The summed E-state index contributed by atoms with van der Waals surface area (Å²) in [5.74, 6) is -0.588. The molecule has 1 aromatic carbocycles. The van der Waals surface area contributed by atoms with Crippen LogP contribution >= 0.6 is 24.2 Å². The highest BCUT2D eigenvalue weighted by Gasteiger charge is 2.34. The summed E-state index contributed by atoms with van der Waals surface area (Å²) in [4.78, 5) is 37.1. The Kier molecular flexibility index (Phi) is 5.98. The molecule has 0 spiro atoms. The van der Waals surface area contributed by atoms with E-state index in [1.165, 1.54) is 13.2 Å². The van der Waals surface area contributed by atoms with Crippen LogP contribution in [0.3, 0.4) is 0 Å². The van der Waals surface area contributed by atoms with Crippen LogP contribution in [0, 0.1) is 0 Å². The molecule has 1 fully saturated rings. The number of esters is 1. The molecule has 0 aromatic heterocycles. The first-order valence-electron chi connectivity index (χ1n) is 6.97. The van der Waals surface area contributed by atoms with E-state index in [-0.39, 0.29) is 18.7 Å². The highest BCUT2D eigenvalue weighted by atomic mass is 35.5. The maximum atomic E-state index is 12.3. The lowest BCUT2D eigenvalue weighted by atomic mass is 9.98. The van der Waals surface area contributed by atoms with E-state index in [1.54, 1.807) is 29.2 Å². The number of hydrogen-bond acceptors (Lipinski definition) is 5. The Bertz CT molecular complexity index is 674. The number of ketones is 1. The third-order valence-corrected chi connectivity index (χ3v) is 4.12. The molecular formula is C16H16ClNO4S. The minimum absolute atomic E-state index is 0.119. The number of hydrogen-bond donors (Lipinski definition) is 1. The summed E-state index contributed by atoms with van der Waals surface area (Å²) in [5.41, 5.74) is 0.934. The number of nitrogens with zero attached hydrogens (tertiary/aromatic N) is 1. The van der Waals surface area contributed by atoms with E-state index < -0.39 is 17.1 Å². The van der Waals surface area contributed by atoms with Gasteiger partial charge in [-0.15, -0.1) is 12.6 Å². The Balaban J connectivity index is 2.37. The molecule has 122 valence electrons. The molecule has 1 heterocycles. The lowest BCUT2D eigenvalue weighted by molar-refractivity contribution is -0.148. The van der Waals surface area contributed by atoms with Gasteiger partial charge in [0.05, 0.1) is 7.11 Å². The van der Waals surface area contributed by atoms with Gasteiger partial charge in [0.15, 0.2) is 5.78 Å². The minimum atomic E-state index is -0.736. The van der Waals surface area contributed by atoms with Crippen molar-refractivity contribution in [2.45, 2.75) is 12.5 Å². The Labute approximate surface area is 144 Å². The number of benzene rings is 1. The summed E-state index contributed by atoms with van der Waals surface area (Å²) in [6, 6.07) is 6.24. The zero-order chi connectivity index (χ0) is 17.0. The summed E-state index contributed by atoms with van der Waals surface area (Å²) >= 11 is 9.88. The summed E-state index contributed by atoms with van der Waals surface area (Å²) in [6.07, 6.45) is 1.41. The van der Waals surface area contributed by atoms with Gasteiger partial charge in [0, 0.05) is 36.2 Å². The normalized spacial score (nSPS) is 18.7. The molecule has 0 bridgehead atoms. The van der Waals surface area contributed by atoms with Gasteiger partial charge in [-0.3, -0.25) is 14.5 Å². The van der Waals surface area contributed by atoms with Crippen LogP contribution in [0.5, 0.6) is 0 Å². The van der Waals surface area contributed by atoms with Gasteiger partial charge in [0.1, 0.15) is 6.04 Å². The second-order valence-corrected chi connectivity index (χ2v) is 5.95. The van der Waals surface area contributed by atoms with Gasteiger partial charge in [0.2, 0.25) is 5.12 Å². The molecule has 1 atom stereocenters. The smallest absolute Gasteiger partial charge is 0.327 e. The van der Waals surface area contributed by atoms with Gasteiger partial charge in [-0.05, 0) is 11.6 Å². The number of thiol groups is 1. The van der Waals surface area contributed by atoms with Crippen molar-refractivity contribution in [3.05, 3.63) is 46.5 Å². The minimum Gasteiger partial charge on any atom is -0.468 e. The van der Waals surface area contributed by atoms with Crippen molar-refractivity contribution < 1.29 is 19.1 Å². The molecule has 0 radical (unpaired) electrons. The zero-order valence-corrected chi connectivity index (χ0v) is 14.1. The van der Waals surface area contributed by atoms with Crippen LogP contribution in [0.4, 0.5) is 0 Å². The Morgan fingerprint density at radius 1 is 1.39 bits per heavy atom. The number of likely N-dealkylation sites (tertiary alicyclic amines) is 1. The third-order valence-electron chi connectivity index (χ3n) is 3.64. The summed E-state index contributed by atoms with van der Waals surface area (Å²) < 4.78 is 4.89. The number of ether oxygens (including phenoxy) is 1. The van der Waals surface area contributed by atoms with Gasteiger partial charge in [-0.1, -0.05) is 29.8 Å². The first-order valence-corrected chi connectivity index (χ1v) is 7.79. The number of piperidine rings is 1. The summed E-state index contributed by atoms with van der Waals surface area (Å²) in [6.45, 7) is 0.540. The lowest BCUT2D eigenvalue weighted by Crippen LogP contribution is -2.42. The molecule has 0 aliphatic carbocycles. The molecule has 1 aliphatic rings. The summed E-state index contributed by atoms with van der Waals surface area (Å²) in [5, 5.41) is -0.0573. The predicted octanol–water partition coefficient (Wildman–Crippen LogP) is 2.21. The van der Waals surface area contributed by atoms with Crippen molar-refractivity contribution in [2.24, 2.45) is 0 Å². The maximum absolute atomic E-state index is 12.3. The van der Waals surface area contributed by atoms with Gasteiger partial charge < -0.3 is 4.74 Å². The highest BCUT2D eigenvalue weighted by Crippen LogP contribution is 2.31. The number of carbonyl (C=O) groups is 3. The average Bonchev–Trinajstić information content (AvgIpc) is 2.51. The molecule has 1 unspecified atom stereocenters. The molecule has 5 nitrogen and oxygen atoms in total. The Morgan fingerprint density at radius 3 is 2.70 bits per heavy atom. The topological polar surface area (TPSA) is 63.7 Å². The van der Waals surface area contributed by atoms with Crippen LogP contribution in [0.1, 0.15) is 18.0 Å². The van der Waals surface area contributed by atoms with Crippen molar-refractivity contribution in [1.82, 2.24) is 4.90 Å². The van der Waals surface area contributed by atoms with Crippen LogP contribution in [-0.4, -0.2) is 42.0 Å². The number of carbonyl (C=O) groups excluding carboxylic acids is 3. The molecule has 0 saturated carbocycles. The molecular weight excluding hydrogens is 338 g/mol. The highest BCUT2D eigenvalue weighted by molar-refractivity contribution is 7.97. The summed E-state index contributed by atoms with van der Waals surface area (Å²) in [7, 11) is 1.30. The first kappa shape index (κ1) is 17.7. The second-order valence-electron chi connectivity index (χ2n) is 5.10. The predicted molar refractivity (Wildman–Crippen MR) is 89.5 cm³/mol. The molecule has 0 N–H and O–H groups in total. The van der Waals surface area contributed by atoms with Gasteiger partial charge in [-0.2, -0.15) is 0 Å². The van der Waals surface area contributed by atoms with Crippen LogP contribution in [0.15, 0.2) is 35.9 Å². The average molecular weight is 354 g/mol. The van der Waals surface area contributed by atoms with Crippen LogP contribution in [0.25, 0.3) is 0 Å². The van der Waals surface area contributed by atoms with E-state index in [9.17, 15) is 14.4 Å². The number of methoxy groups -OCH3 is 1. The zero-order valence-electron chi connectivity index (χ0n) is 12.5. The fourth-order valence-electron chi connectivity index (χ4n) is 2.57. The standard InChI is InChI=1S/C16H16ClNO4S/c1-22-16(21)15(11-4-2-3-5-12(11)17)18-7-6-13(19)10(9-18)8-14(20)23/h2-5,8,15H,6-7,9H2,1H3,(H,20,23)/b10-8-. The van der Waals surface area contributed by atoms with E-state index in [1.807, 2.05) is 0 Å². The molecule has 1 aromatic rings. The van der Waals surface area contributed by atoms with Gasteiger partial charge >= 0.3 is 5.97 Å². The quantitative estimate of drug-likeness (QED) is 0.511. The first-order chi connectivity index (χ1) is 10.9. The van der Waals surface area contributed by atoms with Crippen molar-refractivity contribution >= 4 is 41.1 Å². The van der Waals surface area contributed by atoms with Gasteiger partial charge in [0.25, 0.3) is 0 Å². The Hall–Kier alpha value is -1.63. The third kappa shape index (κ3) is 4.22. The fraction of sp³-hybridized carbons (Fsp3) is 0.312. The van der Waals surface area contributed by atoms with E-state index in [4.69, 9.17) is 16.3 Å². The van der Waals surface area contributed by atoms with Gasteiger partial charge in [-0.25, -0.2) is 4.79 Å². The molecule has 0 amide bonds. The number of halogens is 1. The van der Waals surface area contributed by atoms with E-state index >= 15 is 0 Å². The molecule has 2 rings (SSSR count). The lowest BCUT2D eigenvalue weighted by Gasteiger charge is -2.33. The van der Waals surface area contributed by atoms with Crippen LogP contribution in [-0.2, 0) is 19.1 Å². The van der Waals surface area contributed by atoms with Crippen molar-refractivity contribution in [3.63, 3.8) is 0 Å². The number of rotatable bonds is 4.